The van der Waals surface area contributed by atoms with Crippen LogP contribution < -0.4 is 5.32 Å². The third-order valence-electron chi connectivity index (χ3n) is 3.52. The van der Waals surface area contributed by atoms with E-state index < -0.39 is 15.6 Å². The van der Waals surface area contributed by atoms with Gasteiger partial charge in [-0.05, 0) is 42.5 Å². The summed E-state index contributed by atoms with van der Waals surface area (Å²) in [5.41, 5.74) is 2.19. The first-order chi connectivity index (χ1) is 9.85. The number of thioether (sulfide) groups is 1. The van der Waals surface area contributed by atoms with Crippen LogP contribution in [0.3, 0.4) is 0 Å². The molecule has 0 fully saturated rings. The van der Waals surface area contributed by atoms with Crippen molar-refractivity contribution in [2.45, 2.75) is 36.0 Å². The normalized spacial score (nSPS) is 18.8. The van der Waals surface area contributed by atoms with Crippen LogP contribution in [0.15, 0.2) is 23.1 Å². The van der Waals surface area contributed by atoms with Crippen LogP contribution in [0.5, 0.6) is 0 Å². The van der Waals surface area contributed by atoms with Crippen LogP contribution in [0, 0.1) is 0 Å². The molecule has 7 heteroatoms. The molecule has 0 saturated carbocycles. The summed E-state index contributed by atoms with van der Waals surface area (Å²) in [6.07, 6.45) is 4.03. The molecule has 2 rings (SSSR count). The molecule has 21 heavy (non-hydrogen) atoms. The highest BCUT2D eigenvalue weighted by Gasteiger charge is 2.20. The number of fused-ring (bicyclic) bond motifs is 1. The molecule has 0 bridgehead atoms. The number of alkyl halides is 2. The lowest BCUT2D eigenvalue weighted by molar-refractivity contribution is 0.252. The molecule has 0 unspecified atom stereocenters. The van der Waals surface area contributed by atoms with E-state index in [1.54, 1.807) is 6.07 Å². The van der Waals surface area contributed by atoms with Gasteiger partial charge in [-0.2, -0.15) is 8.78 Å². The minimum absolute atomic E-state index is 0.109. The van der Waals surface area contributed by atoms with Crippen LogP contribution in [0.4, 0.5) is 8.78 Å². The topological polar surface area (TPSA) is 46.2 Å². The molecule has 1 aromatic carbocycles. The van der Waals surface area contributed by atoms with Gasteiger partial charge in [-0.3, -0.25) is 0 Å². The van der Waals surface area contributed by atoms with Gasteiger partial charge in [0.2, 0.25) is 0 Å². The van der Waals surface area contributed by atoms with E-state index >= 15 is 0 Å². The Kier molecular flexibility index (Phi) is 5.62. The minimum atomic E-state index is -2.97. The van der Waals surface area contributed by atoms with E-state index in [9.17, 15) is 17.2 Å². The third kappa shape index (κ3) is 5.23. The number of hydrogen-bond donors (Lipinski definition) is 1. The van der Waals surface area contributed by atoms with Gasteiger partial charge in [0.05, 0.1) is 5.75 Å². The predicted octanol–water partition coefficient (Wildman–Crippen LogP) is 3.01. The Bertz CT molecular complexity index is 591. The Morgan fingerprint density at radius 2 is 2.19 bits per heavy atom. The number of sulfone groups is 1. The van der Waals surface area contributed by atoms with Gasteiger partial charge in [0.1, 0.15) is 9.84 Å². The van der Waals surface area contributed by atoms with Gasteiger partial charge in [-0.15, -0.1) is 0 Å². The Balaban J connectivity index is 2.05. The summed E-state index contributed by atoms with van der Waals surface area (Å²) in [7, 11) is -2.97. The van der Waals surface area contributed by atoms with Gasteiger partial charge in [0.15, 0.2) is 0 Å². The fraction of sp³-hybridized carbons (Fsp3) is 0.571. The van der Waals surface area contributed by atoms with E-state index in [0.29, 0.717) is 23.2 Å². The van der Waals surface area contributed by atoms with Crippen molar-refractivity contribution in [2.24, 2.45) is 0 Å². The Labute approximate surface area is 128 Å². The molecule has 3 nitrogen and oxygen atoms in total. The minimum Gasteiger partial charge on any atom is -0.309 e. The first-order valence-electron chi connectivity index (χ1n) is 6.84. The summed E-state index contributed by atoms with van der Waals surface area (Å²) in [4.78, 5) is 0.584. The zero-order valence-electron chi connectivity index (χ0n) is 11.8. The summed E-state index contributed by atoms with van der Waals surface area (Å²) >= 11 is 0.561. The number of hydrogen-bond acceptors (Lipinski definition) is 4. The lowest BCUT2D eigenvalue weighted by Crippen LogP contribution is -2.29. The summed E-state index contributed by atoms with van der Waals surface area (Å²) in [6.45, 7) is 0.413. The van der Waals surface area contributed by atoms with Crippen LogP contribution in [0.1, 0.15) is 30.0 Å². The zero-order valence-corrected chi connectivity index (χ0v) is 13.4. The van der Waals surface area contributed by atoms with E-state index in [1.807, 2.05) is 12.1 Å². The van der Waals surface area contributed by atoms with E-state index in [0.717, 1.165) is 30.4 Å². The number of nitrogens with one attached hydrogen (secondary N) is 1. The van der Waals surface area contributed by atoms with Crippen molar-refractivity contribution in [1.29, 1.82) is 0 Å². The molecule has 0 heterocycles. The van der Waals surface area contributed by atoms with E-state index in [4.69, 9.17) is 0 Å². The molecule has 0 radical (unpaired) electrons. The summed E-state index contributed by atoms with van der Waals surface area (Å²) in [6, 6.07) is 5.54. The van der Waals surface area contributed by atoms with Crippen LogP contribution >= 0.6 is 11.8 Å². The second kappa shape index (κ2) is 7.07. The molecule has 118 valence electrons. The van der Waals surface area contributed by atoms with Gasteiger partial charge in [-0.1, -0.05) is 17.8 Å². The smallest absolute Gasteiger partial charge is 0.288 e. The van der Waals surface area contributed by atoms with Crippen molar-refractivity contribution < 1.29 is 17.2 Å². The van der Waals surface area contributed by atoms with Gasteiger partial charge in [-0.25, -0.2) is 8.42 Å². The van der Waals surface area contributed by atoms with Gasteiger partial charge in [0.25, 0.3) is 5.76 Å². The molecular weight excluding hydrogens is 316 g/mol. The summed E-state index contributed by atoms with van der Waals surface area (Å²) in [5.74, 6) is -2.30. The number of rotatable bonds is 6. The maximum atomic E-state index is 12.4. The zero-order chi connectivity index (χ0) is 15.5. The molecule has 0 saturated heterocycles. The maximum Gasteiger partial charge on any atom is 0.288 e. The van der Waals surface area contributed by atoms with Crippen molar-refractivity contribution >= 4 is 21.6 Å². The molecule has 1 N–H and O–H groups in total. The first kappa shape index (κ1) is 16.7. The Morgan fingerprint density at radius 1 is 1.43 bits per heavy atom. The monoisotopic (exact) mass is 335 g/mol. The largest absolute Gasteiger partial charge is 0.309 e. The lowest BCUT2D eigenvalue weighted by atomic mass is 9.88. The van der Waals surface area contributed by atoms with Gasteiger partial charge >= 0.3 is 0 Å². The first-order valence-corrected chi connectivity index (χ1v) is 9.78. The standard InChI is InChI=1S/C14H19F2NO2S2/c1-21(18,19)8-7-17-13-4-2-3-10-9-11(20-14(15)16)5-6-12(10)13/h5-6,9,13-14,17H,2-4,7-8H2,1H3/t13-/m0/s1. The summed E-state index contributed by atoms with van der Waals surface area (Å²) < 4.78 is 47.1. The highest BCUT2D eigenvalue weighted by molar-refractivity contribution is 7.99. The van der Waals surface area contributed by atoms with Crippen LogP contribution in [0.25, 0.3) is 0 Å². The molecular formula is C14H19F2NO2S2. The van der Waals surface area contributed by atoms with Crippen molar-refractivity contribution in [1.82, 2.24) is 5.32 Å². The fourth-order valence-corrected chi connectivity index (χ4v) is 3.65. The lowest BCUT2D eigenvalue weighted by Gasteiger charge is -2.27. The number of aryl methyl sites for hydroxylation is 1. The van der Waals surface area contributed by atoms with Crippen LogP contribution in [-0.2, 0) is 16.3 Å². The Morgan fingerprint density at radius 3 is 2.86 bits per heavy atom. The average molecular weight is 335 g/mol. The average Bonchev–Trinajstić information content (AvgIpc) is 2.36. The van der Waals surface area contributed by atoms with Crippen molar-refractivity contribution in [2.75, 3.05) is 18.6 Å². The molecule has 0 spiro atoms. The van der Waals surface area contributed by atoms with Crippen molar-refractivity contribution in [3.05, 3.63) is 29.3 Å². The highest BCUT2D eigenvalue weighted by atomic mass is 32.2. The molecule has 1 aromatic rings. The molecule has 0 aromatic heterocycles. The van der Waals surface area contributed by atoms with E-state index in [2.05, 4.69) is 5.32 Å². The van der Waals surface area contributed by atoms with E-state index in [-0.39, 0.29) is 11.8 Å². The molecule has 1 atom stereocenters. The van der Waals surface area contributed by atoms with Crippen molar-refractivity contribution in [3.63, 3.8) is 0 Å². The van der Waals surface area contributed by atoms with Gasteiger partial charge < -0.3 is 5.32 Å². The molecule has 0 amide bonds. The third-order valence-corrected chi connectivity index (χ3v) is 5.17. The quantitative estimate of drug-likeness (QED) is 0.812. The van der Waals surface area contributed by atoms with Crippen molar-refractivity contribution in [3.8, 4) is 0 Å². The summed E-state index contributed by atoms with van der Waals surface area (Å²) in [5, 5.41) is 3.26. The maximum absolute atomic E-state index is 12.4. The van der Waals surface area contributed by atoms with Gasteiger partial charge in [0, 0.05) is 23.7 Å². The van der Waals surface area contributed by atoms with Crippen LogP contribution in [-0.4, -0.2) is 32.7 Å². The molecule has 1 aliphatic rings. The molecule has 1 aliphatic carbocycles. The predicted molar refractivity (Wildman–Crippen MR) is 81.7 cm³/mol. The Hall–Kier alpha value is -0.660. The van der Waals surface area contributed by atoms with Crippen LogP contribution in [0.2, 0.25) is 0 Å². The van der Waals surface area contributed by atoms with E-state index in [1.165, 1.54) is 6.26 Å². The fourth-order valence-electron chi connectivity index (χ4n) is 2.60. The second-order valence-corrected chi connectivity index (χ2v) is 8.59. The number of halogens is 2. The second-order valence-electron chi connectivity index (χ2n) is 5.27. The molecule has 0 aliphatic heterocycles. The SMILES string of the molecule is CS(=O)(=O)CCN[C@H]1CCCc2cc(SC(F)F)ccc21. The highest BCUT2D eigenvalue weighted by Crippen LogP contribution is 2.34. The number of benzene rings is 1.